The van der Waals surface area contributed by atoms with Crippen LogP contribution < -0.4 is 10.6 Å². The Hall–Kier alpha value is -2.38. The molecule has 0 amide bonds. The molecular formula is C22H31N3O3S. The van der Waals surface area contributed by atoms with Gasteiger partial charge in [0.2, 0.25) is 0 Å². The molecule has 0 radical (unpaired) electrons. The number of guanidine groups is 1. The molecule has 6 nitrogen and oxygen atoms in total. The Kier molecular flexibility index (Phi) is 9.15. The summed E-state index contributed by atoms with van der Waals surface area (Å²) in [4.78, 5) is 4.90. The number of hydrogen-bond acceptors (Lipinski definition) is 4. The van der Waals surface area contributed by atoms with Gasteiger partial charge < -0.3 is 15.4 Å². The molecule has 0 spiro atoms. The molecular weight excluding hydrogens is 386 g/mol. The Balaban J connectivity index is 1.80. The van der Waals surface area contributed by atoms with Crippen molar-refractivity contribution in [2.75, 3.05) is 26.0 Å². The number of nitrogens with zero attached hydrogens (tertiary/aromatic N) is 1. The Labute approximate surface area is 174 Å². The van der Waals surface area contributed by atoms with E-state index in [0.29, 0.717) is 30.6 Å². The predicted octanol–water partition coefficient (Wildman–Crippen LogP) is 3.00. The molecule has 0 bridgehead atoms. The summed E-state index contributed by atoms with van der Waals surface area (Å²) in [5, 5.41) is 6.57. The molecule has 0 aliphatic heterocycles. The van der Waals surface area contributed by atoms with Gasteiger partial charge in [0, 0.05) is 19.3 Å². The van der Waals surface area contributed by atoms with E-state index in [-0.39, 0.29) is 0 Å². The van der Waals surface area contributed by atoms with Gasteiger partial charge in [-0.2, -0.15) is 0 Å². The van der Waals surface area contributed by atoms with Gasteiger partial charge in [0.05, 0.1) is 24.7 Å². The predicted molar refractivity (Wildman–Crippen MR) is 118 cm³/mol. The molecule has 0 fully saturated rings. The fraction of sp³-hybridized carbons (Fsp3) is 0.409. The SMILES string of the molecule is CCNC(=NCc1ccc(S(C)(=O)=O)cc1)NCC(C)COCc1ccccc1. The molecule has 0 aliphatic rings. The van der Waals surface area contributed by atoms with Crippen LogP contribution in [0.15, 0.2) is 64.5 Å². The van der Waals surface area contributed by atoms with Gasteiger partial charge in [-0.25, -0.2) is 13.4 Å². The van der Waals surface area contributed by atoms with Crippen LogP contribution in [0.1, 0.15) is 25.0 Å². The van der Waals surface area contributed by atoms with Gasteiger partial charge in [-0.15, -0.1) is 0 Å². The maximum Gasteiger partial charge on any atom is 0.191 e. The van der Waals surface area contributed by atoms with Gasteiger partial charge in [-0.1, -0.05) is 49.4 Å². The Morgan fingerprint density at radius 1 is 1.03 bits per heavy atom. The third-order valence-electron chi connectivity index (χ3n) is 4.25. The van der Waals surface area contributed by atoms with Crippen molar-refractivity contribution in [2.24, 2.45) is 10.9 Å². The van der Waals surface area contributed by atoms with Gasteiger partial charge in [0.15, 0.2) is 15.8 Å². The normalized spacial score (nSPS) is 13.1. The van der Waals surface area contributed by atoms with Crippen molar-refractivity contribution in [3.05, 3.63) is 65.7 Å². The van der Waals surface area contributed by atoms with Crippen molar-refractivity contribution in [2.45, 2.75) is 31.9 Å². The monoisotopic (exact) mass is 417 g/mol. The highest BCUT2D eigenvalue weighted by Gasteiger charge is 2.07. The van der Waals surface area contributed by atoms with Gasteiger partial charge in [-0.3, -0.25) is 0 Å². The van der Waals surface area contributed by atoms with Crippen molar-refractivity contribution in [3.8, 4) is 0 Å². The maximum absolute atomic E-state index is 11.5. The second-order valence-corrected chi connectivity index (χ2v) is 9.11. The number of sulfone groups is 1. The molecule has 7 heteroatoms. The lowest BCUT2D eigenvalue weighted by Crippen LogP contribution is -2.40. The lowest BCUT2D eigenvalue weighted by atomic mass is 10.2. The Morgan fingerprint density at radius 3 is 2.34 bits per heavy atom. The first kappa shape index (κ1) is 22.9. The van der Waals surface area contributed by atoms with E-state index in [1.54, 1.807) is 24.3 Å². The number of nitrogens with one attached hydrogen (secondary N) is 2. The lowest BCUT2D eigenvalue weighted by molar-refractivity contribution is 0.0931. The Morgan fingerprint density at radius 2 is 1.72 bits per heavy atom. The van der Waals surface area contributed by atoms with Crippen molar-refractivity contribution < 1.29 is 13.2 Å². The van der Waals surface area contributed by atoms with Crippen LogP contribution in [0.5, 0.6) is 0 Å². The van der Waals surface area contributed by atoms with Crippen LogP contribution in [0, 0.1) is 5.92 Å². The fourth-order valence-electron chi connectivity index (χ4n) is 2.64. The van der Waals surface area contributed by atoms with Crippen LogP contribution in [0.25, 0.3) is 0 Å². The van der Waals surface area contributed by atoms with Gasteiger partial charge >= 0.3 is 0 Å². The second-order valence-electron chi connectivity index (χ2n) is 7.10. The minimum Gasteiger partial charge on any atom is -0.376 e. The summed E-state index contributed by atoms with van der Waals surface area (Å²) >= 11 is 0. The number of ether oxygens (including phenoxy) is 1. The number of aliphatic imine (C=N–C) groups is 1. The largest absolute Gasteiger partial charge is 0.376 e. The minimum absolute atomic E-state index is 0.319. The molecule has 0 heterocycles. The number of rotatable bonds is 10. The molecule has 0 aromatic heterocycles. The molecule has 158 valence electrons. The molecule has 1 unspecified atom stereocenters. The molecule has 0 saturated carbocycles. The molecule has 29 heavy (non-hydrogen) atoms. The molecule has 0 aliphatic carbocycles. The molecule has 0 saturated heterocycles. The van der Waals surface area contributed by atoms with Crippen LogP contribution in [0.2, 0.25) is 0 Å². The molecule has 2 N–H and O–H groups in total. The zero-order valence-corrected chi connectivity index (χ0v) is 18.2. The second kappa shape index (κ2) is 11.6. The highest BCUT2D eigenvalue weighted by atomic mass is 32.2. The van der Waals surface area contributed by atoms with Crippen LogP contribution in [0.4, 0.5) is 0 Å². The first-order valence-electron chi connectivity index (χ1n) is 9.81. The van der Waals surface area contributed by atoms with E-state index in [0.717, 1.165) is 24.6 Å². The molecule has 1 atom stereocenters. The number of hydrogen-bond donors (Lipinski definition) is 2. The van der Waals surface area contributed by atoms with Crippen molar-refractivity contribution in [1.29, 1.82) is 0 Å². The van der Waals surface area contributed by atoms with E-state index in [4.69, 9.17) is 4.74 Å². The van der Waals surface area contributed by atoms with E-state index in [1.807, 2.05) is 25.1 Å². The summed E-state index contributed by atoms with van der Waals surface area (Å²) in [6.07, 6.45) is 1.21. The quantitative estimate of drug-likeness (QED) is 0.459. The zero-order chi connectivity index (χ0) is 21.1. The van der Waals surface area contributed by atoms with Gasteiger partial charge in [0.1, 0.15) is 0 Å². The lowest BCUT2D eigenvalue weighted by Gasteiger charge is -2.16. The summed E-state index contributed by atoms with van der Waals surface area (Å²) in [5.74, 6) is 1.06. The fourth-order valence-corrected chi connectivity index (χ4v) is 3.27. The van der Waals surface area contributed by atoms with Crippen LogP contribution in [-0.2, 0) is 27.7 Å². The standard InChI is InChI=1S/C22H31N3O3S/c1-4-23-22(25-15-19-10-12-21(13-11-19)29(3,26)27)24-14-18(2)16-28-17-20-8-6-5-7-9-20/h5-13,18H,4,14-17H2,1-3H3,(H2,23,24,25). The van der Waals surface area contributed by atoms with E-state index in [2.05, 4.69) is 34.7 Å². The van der Waals surface area contributed by atoms with Gasteiger partial charge in [-0.05, 0) is 36.1 Å². The van der Waals surface area contributed by atoms with Crippen molar-refractivity contribution >= 4 is 15.8 Å². The first-order valence-corrected chi connectivity index (χ1v) is 11.7. The highest BCUT2D eigenvalue weighted by Crippen LogP contribution is 2.11. The van der Waals surface area contributed by atoms with E-state index in [9.17, 15) is 8.42 Å². The first-order chi connectivity index (χ1) is 13.9. The van der Waals surface area contributed by atoms with Crippen LogP contribution in [-0.4, -0.2) is 40.3 Å². The van der Waals surface area contributed by atoms with Gasteiger partial charge in [0.25, 0.3) is 0 Å². The number of benzene rings is 2. The zero-order valence-electron chi connectivity index (χ0n) is 17.4. The summed E-state index contributed by atoms with van der Waals surface area (Å²) < 4.78 is 28.9. The maximum atomic E-state index is 11.5. The minimum atomic E-state index is -3.18. The summed E-state index contributed by atoms with van der Waals surface area (Å²) in [7, 11) is -3.18. The van der Waals surface area contributed by atoms with Crippen molar-refractivity contribution in [1.82, 2.24) is 10.6 Å². The smallest absolute Gasteiger partial charge is 0.191 e. The average molecular weight is 418 g/mol. The summed E-state index contributed by atoms with van der Waals surface area (Å²) in [5.41, 5.74) is 2.12. The third kappa shape index (κ3) is 8.66. The van der Waals surface area contributed by atoms with E-state index in [1.165, 1.54) is 11.8 Å². The average Bonchev–Trinajstić information content (AvgIpc) is 2.70. The van der Waals surface area contributed by atoms with E-state index >= 15 is 0 Å². The molecule has 2 aromatic rings. The molecule has 2 rings (SSSR count). The van der Waals surface area contributed by atoms with E-state index < -0.39 is 9.84 Å². The highest BCUT2D eigenvalue weighted by molar-refractivity contribution is 7.90. The summed E-state index contributed by atoms with van der Waals surface area (Å²) in [6.45, 7) is 7.40. The topological polar surface area (TPSA) is 79.8 Å². The summed E-state index contributed by atoms with van der Waals surface area (Å²) in [6, 6.07) is 17.0. The molecule has 2 aromatic carbocycles. The van der Waals surface area contributed by atoms with Crippen molar-refractivity contribution in [3.63, 3.8) is 0 Å². The third-order valence-corrected chi connectivity index (χ3v) is 5.38. The Bertz CT molecular complexity index is 866. The van der Waals surface area contributed by atoms with Crippen LogP contribution >= 0.6 is 0 Å². The van der Waals surface area contributed by atoms with Crippen LogP contribution in [0.3, 0.4) is 0 Å².